The van der Waals surface area contributed by atoms with Gasteiger partial charge in [0.1, 0.15) is 5.69 Å². The van der Waals surface area contributed by atoms with Gasteiger partial charge in [-0.05, 0) is 49.2 Å². The van der Waals surface area contributed by atoms with Gasteiger partial charge >= 0.3 is 0 Å². The normalized spacial score (nSPS) is 15.9. The fourth-order valence-corrected chi connectivity index (χ4v) is 4.03. The second kappa shape index (κ2) is 7.56. The van der Waals surface area contributed by atoms with E-state index in [1.165, 1.54) is 0 Å². The molecule has 0 aliphatic carbocycles. The molecule has 2 aliphatic heterocycles. The molecule has 10 heteroatoms. The summed E-state index contributed by atoms with van der Waals surface area (Å²) in [6.45, 7) is 1.41. The van der Waals surface area contributed by atoms with Crippen LogP contribution in [0.15, 0.2) is 51.5 Å². The molecule has 0 spiro atoms. The topological polar surface area (TPSA) is 120 Å². The molecular weight excluding hydrogens is 414 g/mol. The van der Waals surface area contributed by atoms with Crippen molar-refractivity contribution in [2.75, 3.05) is 19.9 Å². The summed E-state index contributed by atoms with van der Waals surface area (Å²) in [6.07, 6.45) is 3.06. The van der Waals surface area contributed by atoms with Crippen molar-refractivity contribution in [2.24, 2.45) is 0 Å². The van der Waals surface area contributed by atoms with Crippen LogP contribution in [0.2, 0.25) is 0 Å². The lowest BCUT2D eigenvalue weighted by Crippen LogP contribution is -2.38. The molecule has 6 rings (SSSR count). The number of fused-ring (bicyclic) bond motifs is 1. The number of aromatic nitrogens is 4. The Morgan fingerprint density at radius 1 is 1.06 bits per heavy atom. The minimum absolute atomic E-state index is 0.0789. The van der Waals surface area contributed by atoms with Gasteiger partial charge in [0.2, 0.25) is 12.7 Å². The molecule has 0 atom stereocenters. The number of furan rings is 1. The first-order valence-electron chi connectivity index (χ1n) is 10.4. The van der Waals surface area contributed by atoms with E-state index in [9.17, 15) is 4.79 Å². The fraction of sp³-hybridized carbons (Fsp3) is 0.273. The number of piperidine rings is 1. The highest BCUT2D eigenvalue weighted by atomic mass is 16.7. The number of amides is 1. The van der Waals surface area contributed by atoms with Crippen LogP contribution in [0.4, 0.5) is 0 Å². The van der Waals surface area contributed by atoms with Crippen LogP contribution in [0.1, 0.15) is 35.1 Å². The number of rotatable bonds is 4. The lowest BCUT2D eigenvalue weighted by atomic mass is 9.96. The summed E-state index contributed by atoms with van der Waals surface area (Å²) in [6, 6.07) is 10.9. The number of hydrogen-bond acceptors (Lipinski definition) is 8. The van der Waals surface area contributed by atoms with Crippen LogP contribution in [0.5, 0.6) is 11.5 Å². The van der Waals surface area contributed by atoms with E-state index in [1.54, 1.807) is 24.5 Å². The Balaban J connectivity index is 1.11. The van der Waals surface area contributed by atoms with Gasteiger partial charge in [-0.2, -0.15) is 5.10 Å². The van der Waals surface area contributed by atoms with Crippen LogP contribution < -0.4 is 9.47 Å². The van der Waals surface area contributed by atoms with Gasteiger partial charge in [0.05, 0.1) is 12.0 Å². The van der Waals surface area contributed by atoms with Gasteiger partial charge in [0.15, 0.2) is 17.3 Å². The SMILES string of the molecule is O=C(c1cc(-c2ccc3c(c2)OCO3)n[nH]1)N1CCC(c2nnc(-c3ccco3)o2)CC1. The third kappa shape index (κ3) is 3.29. The second-order valence-corrected chi connectivity index (χ2v) is 7.72. The van der Waals surface area contributed by atoms with Crippen molar-refractivity contribution in [3.63, 3.8) is 0 Å². The zero-order valence-electron chi connectivity index (χ0n) is 17.0. The summed E-state index contributed by atoms with van der Waals surface area (Å²) in [5.74, 6) is 2.92. The van der Waals surface area contributed by atoms with Crippen LogP contribution in [0.3, 0.4) is 0 Å². The molecule has 0 unspecified atom stereocenters. The molecule has 162 valence electrons. The summed E-state index contributed by atoms with van der Waals surface area (Å²) >= 11 is 0. The first-order chi connectivity index (χ1) is 15.7. The molecule has 3 aromatic heterocycles. The molecule has 1 aromatic carbocycles. The number of nitrogens with zero attached hydrogens (tertiary/aromatic N) is 4. The molecule has 1 amide bonds. The number of hydrogen-bond donors (Lipinski definition) is 1. The Labute approximate surface area is 182 Å². The van der Waals surface area contributed by atoms with Crippen LogP contribution in [-0.2, 0) is 0 Å². The van der Waals surface area contributed by atoms with Gasteiger partial charge < -0.3 is 23.2 Å². The molecule has 4 aromatic rings. The quantitative estimate of drug-likeness (QED) is 0.520. The summed E-state index contributed by atoms with van der Waals surface area (Å²) in [5, 5.41) is 15.4. The van der Waals surface area contributed by atoms with Crippen molar-refractivity contribution in [1.29, 1.82) is 0 Å². The van der Waals surface area contributed by atoms with Crippen molar-refractivity contribution in [3.8, 4) is 34.4 Å². The van der Waals surface area contributed by atoms with Gasteiger partial charge in [-0.3, -0.25) is 9.89 Å². The molecule has 5 heterocycles. The Morgan fingerprint density at radius 3 is 2.78 bits per heavy atom. The molecule has 10 nitrogen and oxygen atoms in total. The van der Waals surface area contributed by atoms with E-state index in [0.717, 1.165) is 18.4 Å². The molecule has 2 aliphatic rings. The maximum atomic E-state index is 13.0. The lowest BCUT2D eigenvalue weighted by molar-refractivity contribution is 0.0700. The van der Waals surface area contributed by atoms with Gasteiger partial charge in [-0.1, -0.05) is 0 Å². The Morgan fingerprint density at radius 2 is 1.94 bits per heavy atom. The Hall–Kier alpha value is -4.08. The number of carbonyl (C=O) groups excluding carboxylic acids is 1. The maximum Gasteiger partial charge on any atom is 0.283 e. The van der Waals surface area contributed by atoms with E-state index >= 15 is 0 Å². The van der Waals surface area contributed by atoms with E-state index in [1.807, 2.05) is 23.1 Å². The van der Waals surface area contributed by atoms with Crippen molar-refractivity contribution >= 4 is 5.91 Å². The third-order valence-corrected chi connectivity index (χ3v) is 5.78. The molecule has 0 saturated carbocycles. The third-order valence-electron chi connectivity index (χ3n) is 5.78. The molecule has 0 radical (unpaired) electrons. The van der Waals surface area contributed by atoms with Crippen molar-refractivity contribution < 1.29 is 23.1 Å². The summed E-state index contributed by atoms with van der Waals surface area (Å²) in [4.78, 5) is 14.8. The molecule has 0 bridgehead atoms. The van der Waals surface area contributed by atoms with Gasteiger partial charge in [-0.25, -0.2) is 0 Å². The standard InChI is InChI=1S/C22H19N5O5/c28-22(16-11-15(23-24-16)14-3-4-17-19(10-14)31-12-30-17)27-7-5-13(6-8-27)20-25-26-21(32-20)18-2-1-9-29-18/h1-4,9-11,13H,5-8,12H2,(H,23,24). The summed E-state index contributed by atoms with van der Waals surface area (Å²) in [5.41, 5.74) is 1.99. The van der Waals surface area contributed by atoms with E-state index in [4.69, 9.17) is 18.3 Å². The number of carbonyl (C=O) groups is 1. The highest BCUT2D eigenvalue weighted by Crippen LogP contribution is 2.36. The highest BCUT2D eigenvalue weighted by molar-refractivity contribution is 5.93. The van der Waals surface area contributed by atoms with Gasteiger partial charge in [0.25, 0.3) is 11.8 Å². The van der Waals surface area contributed by atoms with Crippen molar-refractivity contribution in [2.45, 2.75) is 18.8 Å². The molecule has 1 N–H and O–H groups in total. The smallest absolute Gasteiger partial charge is 0.283 e. The van der Waals surface area contributed by atoms with Crippen molar-refractivity contribution in [3.05, 3.63) is 54.2 Å². The zero-order chi connectivity index (χ0) is 21.5. The second-order valence-electron chi connectivity index (χ2n) is 7.72. The van der Waals surface area contributed by atoms with E-state index < -0.39 is 0 Å². The average molecular weight is 433 g/mol. The zero-order valence-corrected chi connectivity index (χ0v) is 17.0. The van der Waals surface area contributed by atoms with E-state index in [2.05, 4.69) is 20.4 Å². The maximum absolute atomic E-state index is 13.0. The highest BCUT2D eigenvalue weighted by Gasteiger charge is 2.29. The number of aromatic amines is 1. The molecule has 1 saturated heterocycles. The number of nitrogens with one attached hydrogen (secondary N) is 1. The van der Waals surface area contributed by atoms with Crippen LogP contribution in [0, 0.1) is 0 Å². The first-order valence-corrected chi connectivity index (χ1v) is 10.4. The van der Waals surface area contributed by atoms with Gasteiger partial charge in [0, 0.05) is 24.6 Å². The summed E-state index contributed by atoms with van der Waals surface area (Å²) < 4.78 is 21.8. The van der Waals surface area contributed by atoms with Crippen molar-refractivity contribution in [1.82, 2.24) is 25.3 Å². The number of benzene rings is 1. The summed E-state index contributed by atoms with van der Waals surface area (Å²) in [7, 11) is 0. The number of likely N-dealkylation sites (tertiary alicyclic amines) is 1. The van der Waals surface area contributed by atoms with Gasteiger partial charge in [-0.15, -0.1) is 10.2 Å². The predicted octanol–water partition coefficient (Wildman–Crippen LogP) is 3.47. The van der Waals surface area contributed by atoms with Crippen LogP contribution in [-0.4, -0.2) is 51.1 Å². The lowest BCUT2D eigenvalue weighted by Gasteiger charge is -2.30. The van der Waals surface area contributed by atoms with Crippen LogP contribution >= 0.6 is 0 Å². The van der Waals surface area contributed by atoms with Crippen LogP contribution in [0.25, 0.3) is 22.9 Å². The molecule has 32 heavy (non-hydrogen) atoms. The minimum Gasteiger partial charge on any atom is -0.459 e. The first kappa shape index (κ1) is 18.7. The molecule has 1 fully saturated rings. The van der Waals surface area contributed by atoms with E-state index in [0.29, 0.717) is 53.5 Å². The monoisotopic (exact) mass is 433 g/mol. The van der Waals surface area contributed by atoms with E-state index in [-0.39, 0.29) is 18.6 Å². The largest absolute Gasteiger partial charge is 0.459 e. The number of H-pyrrole nitrogens is 1. The fourth-order valence-electron chi connectivity index (χ4n) is 4.03. The Kier molecular flexibility index (Phi) is 4.41. The Bertz CT molecular complexity index is 1250. The predicted molar refractivity (Wildman–Crippen MR) is 110 cm³/mol. The molecular formula is C22H19N5O5. The minimum atomic E-state index is -0.0789. The average Bonchev–Trinajstić information content (AvgIpc) is 3.64. The number of ether oxygens (including phenoxy) is 2.